The van der Waals surface area contributed by atoms with E-state index in [0.717, 1.165) is 64.2 Å². The van der Waals surface area contributed by atoms with E-state index in [1.165, 1.54) is 89.9 Å². The highest BCUT2D eigenvalue weighted by atomic mass is 32.2. The van der Waals surface area contributed by atoms with E-state index in [1.807, 2.05) is 6.08 Å². The Labute approximate surface area is 345 Å². The van der Waals surface area contributed by atoms with Crippen LogP contribution in [0.3, 0.4) is 0 Å². The van der Waals surface area contributed by atoms with Crippen LogP contribution < -0.4 is 0 Å². The lowest BCUT2D eigenvalue weighted by molar-refractivity contribution is -0.297. The van der Waals surface area contributed by atoms with Crippen molar-refractivity contribution in [2.24, 2.45) is 0 Å². The molecule has 0 saturated carbocycles. The van der Waals surface area contributed by atoms with Crippen LogP contribution in [0.2, 0.25) is 0 Å². The van der Waals surface area contributed by atoms with Crippen molar-refractivity contribution < 1.29 is 56.8 Å². The fraction of sp³-hybridized carbons (Fsp3) is 0.864. The Morgan fingerprint density at radius 1 is 0.632 bits per heavy atom. The van der Waals surface area contributed by atoms with Gasteiger partial charge in [0.05, 0.1) is 6.61 Å². The minimum absolute atomic E-state index is 0.155. The van der Waals surface area contributed by atoms with Crippen molar-refractivity contribution in [3.63, 3.8) is 0 Å². The average molecular weight is 833 g/mol. The first-order valence-electron chi connectivity index (χ1n) is 22.4. The molecule has 2 unspecified atom stereocenters. The van der Waals surface area contributed by atoms with Crippen LogP contribution in [0.1, 0.15) is 187 Å². The summed E-state index contributed by atoms with van der Waals surface area (Å²) in [5, 5.41) is 30.8. The van der Waals surface area contributed by atoms with Gasteiger partial charge in [-0.15, -0.1) is 6.58 Å². The predicted octanol–water partition coefficient (Wildman–Crippen LogP) is 8.84. The monoisotopic (exact) mass is 833 g/mol. The van der Waals surface area contributed by atoms with Gasteiger partial charge in [-0.1, -0.05) is 141 Å². The molecule has 0 radical (unpaired) electrons. The lowest BCUT2D eigenvalue weighted by atomic mass is 10.00. The molecule has 6 atom stereocenters. The van der Waals surface area contributed by atoms with Crippen molar-refractivity contribution in [2.75, 3.05) is 19.0 Å². The van der Waals surface area contributed by atoms with Gasteiger partial charge in [-0.2, -0.15) is 8.42 Å². The van der Waals surface area contributed by atoms with Crippen LogP contribution in [0, 0.1) is 0 Å². The normalized spacial score (nSPS) is 20.5. The molecule has 13 heteroatoms. The average Bonchev–Trinajstić information content (AvgIpc) is 3.17. The maximum atomic E-state index is 12.8. The maximum absolute atomic E-state index is 12.8. The van der Waals surface area contributed by atoms with Gasteiger partial charge in [0.2, 0.25) is 0 Å². The highest BCUT2D eigenvalue weighted by molar-refractivity contribution is 7.85. The van der Waals surface area contributed by atoms with Gasteiger partial charge in [0.25, 0.3) is 10.1 Å². The van der Waals surface area contributed by atoms with Crippen LogP contribution in [-0.2, 0) is 38.7 Å². The summed E-state index contributed by atoms with van der Waals surface area (Å²) < 4.78 is 54.0. The number of hydrogen-bond acceptors (Lipinski definition) is 11. The van der Waals surface area contributed by atoms with Gasteiger partial charge in [0.1, 0.15) is 36.8 Å². The summed E-state index contributed by atoms with van der Waals surface area (Å²) in [7, 11) is -4.60. The Balaban J connectivity index is 2.45. The van der Waals surface area contributed by atoms with E-state index in [1.54, 1.807) is 0 Å². The summed E-state index contributed by atoms with van der Waals surface area (Å²) >= 11 is 0. The molecule has 0 aromatic carbocycles. The summed E-state index contributed by atoms with van der Waals surface area (Å²) in [4.78, 5) is 25.4. The van der Waals surface area contributed by atoms with Gasteiger partial charge in [-0.05, 0) is 51.4 Å². The molecular weight excluding hydrogens is 753 g/mol. The molecule has 4 N–H and O–H groups in total. The second-order valence-corrected chi connectivity index (χ2v) is 17.3. The SMILES string of the molecule is C=CCCCCCCCCCCCCCCCC(=O)OC[C@H](CO[C@H]1O[C@H](CS(=O)(=O)O)[C@@H](O)C(O)C1O)OC(=O)CCCCCCC/C=C/CCCCCCC. The molecule has 1 rings (SSSR count). The van der Waals surface area contributed by atoms with Crippen molar-refractivity contribution in [3.8, 4) is 0 Å². The smallest absolute Gasteiger partial charge is 0.306 e. The number of carbonyl (C=O) groups is 2. The summed E-state index contributed by atoms with van der Waals surface area (Å²) in [5.41, 5.74) is 0. The molecule has 1 saturated heterocycles. The van der Waals surface area contributed by atoms with E-state index >= 15 is 0 Å². The zero-order valence-corrected chi connectivity index (χ0v) is 36.1. The third kappa shape index (κ3) is 29.9. The first-order valence-corrected chi connectivity index (χ1v) is 24.0. The molecule has 0 amide bonds. The molecule has 334 valence electrons. The molecule has 1 aliphatic rings. The minimum atomic E-state index is -4.60. The standard InChI is InChI=1S/C44H80O12S/c1-3-5-7-9-11-13-15-17-19-21-22-24-26-28-30-32-39(45)53-34-37(35-54-44-43(49)42(48)41(47)38(56-44)36-57(50,51)52)55-40(46)33-31-29-27-25-23-20-18-16-14-12-10-8-6-4-2/h3,16,18,37-38,41-44,47-49H,1,4-15,17,19-36H2,2H3,(H,50,51,52)/b18-16+/t37-,38-,41-,42?,43?,44+/m1/s1. The van der Waals surface area contributed by atoms with Crippen LogP contribution in [0.25, 0.3) is 0 Å². The molecule has 1 heterocycles. The number of unbranched alkanes of at least 4 members (excludes halogenated alkanes) is 23. The maximum Gasteiger partial charge on any atom is 0.306 e. The second kappa shape index (κ2) is 34.9. The number of allylic oxidation sites excluding steroid dienone is 3. The van der Waals surface area contributed by atoms with E-state index in [0.29, 0.717) is 12.8 Å². The van der Waals surface area contributed by atoms with Gasteiger partial charge in [-0.25, -0.2) is 0 Å². The van der Waals surface area contributed by atoms with E-state index in [2.05, 4.69) is 25.7 Å². The summed E-state index contributed by atoms with van der Waals surface area (Å²) in [6.07, 6.45) is 26.9. The van der Waals surface area contributed by atoms with Gasteiger partial charge in [0.15, 0.2) is 12.4 Å². The molecule has 0 aromatic rings. The van der Waals surface area contributed by atoms with Gasteiger partial charge >= 0.3 is 11.9 Å². The fourth-order valence-corrected chi connectivity index (χ4v) is 7.58. The van der Waals surface area contributed by atoms with Crippen LogP contribution in [-0.4, -0.2) is 96.0 Å². The Hall–Kier alpha value is -1.87. The lowest BCUT2D eigenvalue weighted by Crippen LogP contribution is -2.60. The molecular formula is C44H80O12S. The van der Waals surface area contributed by atoms with Gasteiger partial charge in [0, 0.05) is 12.8 Å². The zero-order valence-electron chi connectivity index (χ0n) is 35.3. The highest BCUT2D eigenvalue weighted by Crippen LogP contribution is 2.24. The first kappa shape index (κ1) is 53.1. The number of esters is 2. The summed E-state index contributed by atoms with van der Waals surface area (Å²) in [6, 6.07) is 0. The zero-order chi connectivity index (χ0) is 42.0. The van der Waals surface area contributed by atoms with Gasteiger partial charge < -0.3 is 34.3 Å². The quantitative estimate of drug-likeness (QED) is 0.0201. The number of rotatable bonds is 38. The summed E-state index contributed by atoms with van der Waals surface area (Å²) in [5.74, 6) is -1.99. The fourth-order valence-electron chi connectivity index (χ4n) is 6.89. The largest absolute Gasteiger partial charge is 0.462 e. The first-order chi connectivity index (χ1) is 27.5. The number of hydrogen-bond donors (Lipinski definition) is 4. The van der Waals surface area contributed by atoms with Crippen LogP contribution >= 0.6 is 0 Å². The third-order valence-corrected chi connectivity index (χ3v) is 11.1. The topological polar surface area (TPSA) is 186 Å². The van der Waals surface area contributed by atoms with Crippen molar-refractivity contribution in [2.45, 2.75) is 224 Å². The molecule has 0 aromatic heterocycles. The number of carbonyl (C=O) groups excluding carboxylic acids is 2. The number of aliphatic hydroxyl groups is 3. The van der Waals surface area contributed by atoms with Crippen LogP contribution in [0.4, 0.5) is 0 Å². The highest BCUT2D eigenvalue weighted by Gasteiger charge is 2.46. The molecule has 57 heavy (non-hydrogen) atoms. The molecule has 1 fully saturated rings. The summed E-state index contributed by atoms with van der Waals surface area (Å²) in [6.45, 7) is 5.27. The van der Waals surface area contributed by atoms with Crippen molar-refractivity contribution in [3.05, 3.63) is 24.8 Å². The molecule has 12 nitrogen and oxygen atoms in total. The van der Waals surface area contributed by atoms with Crippen molar-refractivity contribution in [1.82, 2.24) is 0 Å². The molecule has 0 spiro atoms. The Kier molecular flexibility index (Phi) is 32.6. The van der Waals surface area contributed by atoms with Crippen molar-refractivity contribution >= 4 is 22.1 Å². The Morgan fingerprint density at radius 2 is 1.09 bits per heavy atom. The predicted molar refractivity (Wildman–Crippen MR) is 224 cm³/mol. The van der Waals surface area contributed by atoms with E-state index in [9.17, 15) is 37.9 Å². The molecule has 0 bridgehead atoms. The van der Waals surface area contributed by atoms with Crippen molar-refractivity contribution in [1.29, 1.82) is 0 Å². The number of aliphatic hydroxyl groups excluding tert-OH is 3. The second-order valence-electron chi connectivity index (χ2n) is 15.8. The Morgan fingerprint density at radius 3 is 1.58 bits per heavy atom. The van der Waals surface area contributed by atoms with Gasteiger partial charge in [-0.3, -0.25) is 14.1 Å². The van der Waals surface area contributed by atoms with Crippen LogP contribution in [0.15, 0.2) is 24.8 Å². The molecule has 1 aliphatic heterocycles. The molecule has 0 aliphatic carbocycles. The Bertz CT molecular complexity index is 1150. The third-order valence-electron chi connectivity index (χ3n) is 10.4. The number of ether oxygens (including phenoxy) is 4. The van der Waals surface area contributed by atoms with E-state index in [-0.39, 0.29) is 19.4 Å². The minimum Gasteiger partial charge on any atom is -0.462 e. The lowest BCUT2D eigenvalue weighted by Gasteiger charge is -2.40. The van der Waals surface area contributed by atoms with E-state index < -0.39 is 71.2 Å². The van der Waals surface area contributed by atoms with E-state index in [4.69, 9.17) is 18.9 Å². The van der Waals surface area contributed by atoms with Crippen LogP contribution in [0.5, 0.6) is 0 Å².